The first-order chi connectivity index (χ1) is 36.0. The molecule has 4 nitrogen and oxygen atoms in total. The Balaban J connectivity index is 0.980. The number of para-hydroxylation sites is 3. The molecule has 1 unspecified atom stereocenters. The van der Waals surface area contributed by atoms with Crippen molar-refractivity contribution in [2.75, 3.05) is 0 Å². The Morgan fingerprint density at radius 1 is 0.301 bits per heavy atom. The van der Waals surface area contributed by atoms with Crippen LogP contribution >= 0.6 is 0 Å². The second kappa shape index (κ2) is 13.6. The maximum atomic E-state index is 5.59. The molecule has 0 N–H and O–H groups in total. The van der Waals surface area contributed by atoms with Crippen LogP contribution in [0, 0.1) is 0 Å². The van der Waals surface area contributed by atoms with E-state index >= 15 is 0 Å². The molecule has 1 atom stereocenters. The number of pyridine rings is 2. The lowest BCUT2D eigenvalue weighted by Crippen LogP contribution is -2.41. The van der Waals surface area contributed by atoms with Crippen LogP contribution in [0.25, 0.3) is 88.6 Å². The van der Waals surface area contributed by atoms with E-state index in [1.54, 1.807) is 0 Å². The standard InChI is InChI=1S/C69H44N4/c1-67(2)54-29-14-15-30-55(54)69(59-36-48-45-23-8-13-28-53(45)68(57(48)39-58(59)67)51-26-11-6-21-43(51)44-22-7-12-27-52(44)68)56-31-18-34-70-65(56)66-60(69)35-42(40-71-66)73-62-33-17-10-25-47(62)50-37-63-49(38-64(50)73)46-24-9-16-32-61(46)72(63)41-19-4-3-5-20-41/h3-40H,1-2H3. The molecule has 0 amide bonds. The topological polar surface area (TPSA) is 35.6 Å². The molecule has 0 radical (unpaired) electrons. The van der Waals surface area contributed by atoms with Crippen LogP contribution in [-0.2, 0) is 16.2 Å². The molecule has 17 rings (SSSR count). The van der Waals surface area contributed by atoms with Gasteiger partial charge in [0.15, 0.2) is 0 Å². The lowest BCUT2D eigenvalue weighted by atomic mass is 9.55. The highest BCUT2D eigenvalue weighted by Gasteiger charge is 2.58. The van der Waals surface area contributed by atoms with E-state index in [4.69, 9.17) is 9.97 Å². The third kappa shape index (κ3) is 4.61. The lowest BCUT2D eigenvalue weighted by Gasteiger charge is -2.47. The molecule has 13 aromatic rings. The van der Waals surface area contributed by atoms with Gasteiger partial charge >= 0.3 is 0 Å². The van der Waals surface area contributed by atoms with Gasteiger partial charge in [-0.05, 0) is 127 Å². The smallest absolute Gasteiger partial charge is 0.0939 e. The fraction of sp³-hybridized carbons (Fsp3) is 0.0725. The maximum Gasteiger partial charge on any atom is 0.0939 e. The normalized spacial score (nSPS) is 16.6. The molecule has 4 heterocycles. The minimum Gasteiger partial charge on any atom is -0.309 e. The molecule has 4 aliphatic rings. The maximum absolute atomic E-state index is 5.59. The molecule has 340 valence electrons. The first-order valence-electron chi connectivity index (χ1n) is 25.6. The SMILES string of the molecule is CC1(C)c2ccccc2C2(c3cc4c(cc31)C1(c3ccccc3-c3ccccc31)c1ccccc1-4)c1cccnc1-c1ncc(-n3c4ccccc4c4cc5c(cc43)c3ccccc3n5-c3ccccc3)cc12. The molecule has 2 spiro atoms. The van der Waals surface area contributed by atoms with Crippen LogP contribution in [0.4, 0.5) is 0 Å². The fourth-order valence-corrected chi connectivity index (χ4v) is 14.8. The Morgan fingerprint density at radius 2 is 0.795 bits per heavy atom. The Hall–Kier alpha value is -9.12. The molecule has 0 fully saturated rings. The van der Waals surface area contributed by atoms with Crippen LogP contribution in [0.2, 0.25) is 0 Å². The zero-order chi connectivity index (χ0) is 48.0. The van der Waals surface area contributed by atoms with Gasteiger partial charge in [-0.15, -0.1) is 0 Å². The average Bonchev–Trinajstić information content (AvgIpc) is 4.22. The summed E-state index contributed by atoms with van der Waals surface area (Å²) in [6.07, 6.45) is 4.04. The van der Waals surface area contributed by atoms with E-state index in [1.807, 2.05) is 6.20 Å². The van der Waals surface area contributed by atoms with E-state index in [0.29, 0.717) is 0 Å². The summed E-state index contributed by atoms with van der Waals surface area (Å²) in [6, 6.07) is 82.2. The van der Waals surface area contributed by atoms with Crippen LogP contribution in [0.3, 0.4) is 0 Å². The van der Waals surface area contributed by atoms with Crippen molar-refractivity contribution in [2.45, 2.75) is 30.1 Å². The van der Waals surface area contributed by atoms with Crippen molar-refractivity contribution in [1.82, 2.24) is 19.1 Å². The van der Waals surface area contributed by atoms with Crippen molar-refractivity contribution in [1.29, 1.82) is 0 Å². The minimum atomic E-state index is -0.732. The summed E-state index contributed by atoms with van der Waals surface area (Å²) in [5.41, 5.74) is 25.4. The zero-order valence-corrected chi connectivity index (χ0v) is 40.2. The Bertz CT molecular complexity index is 4560. The van der Waals surface area contributed by atoms with Crippen molar-refractivity contribution in [3.05, 3.63) is 286 Å². The van der Waals surface area contributed by atoms with E-state index in [-0.39, 0.29) is 5.41 Å². The number of benzene rings is 9. The first-order valence-corrected chi connectivity index (χ1v) is 25.6. The Morgan fingerprint density at radius 3 is 1.44 bits per heavy atom. The lowest BCUT2D eigenvalue weighted by molar-refractivity contribution is 0.561. The number of fused-ring (bicyclic) bond motifs is 25. The number of hydrogen-bond acceptors (Lipinski definition) is 2. The summed E-state index contributed by atoms with van der Waals surface area (Å²) in [5.74, 6) is 0. The van der Waals surface area contributed by atoms with Gasteiger partial charge < -0.3 is 9.13 Å². The molecule has 9 aromatic carbocycles. The molecular weight excluding hydrogens is 885 g/mol. The summed E-state index contributed by atoms with van der Waals surface area (Å²) >= 11 is 0. The van der Waals surface area contributed by atoms with Gasteiger partial charge in [0.2, 0.25) is 0 Å². The van der Waals surface area contributed by atoms with E-state index in [0.717, 1.165) is 39.4 Å². The predicted molar refractivity (Wildman–Crippen MR) is 296 cm³/mol. The monoisotopic (exact) mass is 928 g/mol. The molecule has 4 aliphatic carbocycles. The van der Waals surface area contributed by atoms with Crippen LogP contribution in [0.5, 0.6) is 0 Å². The molecule has 0 aliphatic heterocycles. The van der Waals surface area contributed by atoms with Gasteiger partial charge in [0, 0.05) is 44.4 Å². The molecule has 4 heteroatoms. The van der Waals surface area contributed by atoms with Crippen molar-refractivity contribution in [2.24, 2.45) is 0 Å². The van der Waals surface area contributed by atoms with Crippen LogP contribution in [-0.4, -0.2) is 19.1 Å². The molecule has 73 heavy (non-hydrogen) atoms. The third-order valence-electron chi connectivity index (χ3n) is 17.7. The van der Waals surface area contributed by atoms with E-state index in [2.05, 4.69) is 248 Å². The summed E-state index contributed by atoms with van der Waals surface area (Å²) in [4.78, 5) is 10.8. The van der Waals surface area contributed by atoms with E-state index < -0.39 is 10.8 Å². The minimum absolute atomic E-state index is 0.354. The predicted octanol–water partition coefficient (Wildman–Crippen LogP) is 16.0. The molecule has 0 saturated heterocycles. The number of aromatic nitrogens is 4. The number of hydrogen-bond donors (Lipinski definition) is 0. The fourth-order valence-electron chi connectivity index (χ4n) is 14.8. The van der Waals surface area contributed by atoms with Gasteiger partial charge in [-0.3, -0.25) is 9.97 Å². The number of rotatable bonds is 2. The van der Waals surface area contributed by atoms with E-state index in [9.17, 15) is 0 Å². The van der Waals surface area contributed by atoms with Gasteiger partial charge in [-0.2, -0.15) is 0 Å². The van der Waals surface area contributed by atoms with Gasteiger partial charge in [-0.1, -0.05) is 178 Å². The summed E-state index contributed by atoms with van der Waals surface area (Å²) in [6.45, 7) is 4.88. The van der Waals surface area contributed by atoms with Crippen molar-refractivity contribution in [3.8, 4) is 45.0 Å². The third-order valence-corrected chi connectivity index (χ3v) is 17.7. The molecule has 4 aromatic heterocycles. The van der Waals surface area contributed by atoms with Gasteiger partial charge in [0.1, 0.15) is 0 Å². The van der Waals surface area contributed by atoms with Crippen LogP contribution in [0.1, 0.15) is 69.5 Å². The summed E-state index contributed by atoms with van der Waals surface area (Å²) in [5, 5.41) is 4.86. The van der Waals surface area contributed by atoms with Gasteiger partial charge in [0.05, 0.1) is 56.2 Å². The van der Waals surface area contributed by atoms with Gasteiger partial charge in [0.25, 0.3) is 0 Å². The Labute approximate surface area is 422 Å². The average molecular weight is 929 g/mol. The second-order valence-corrected chi connectivity index (χ2v) is 21.2. The zero-order valence-electron chi connectivity index (χ0n) is 40.2. The van der Waals surface area contributed by atoms with Crippen LogP contribution < -0.4 is 0 Å². The quantitative estimate of drug-likeness (QED) is 0.173. The summed E-state index contributed by atoms with van der Waals surface area (Å²) < 4.78 is 4.88. The Kier molecular flexibility index (Phi) is 7.39. The molecule has 0 bridgehead atoms. The highest BCUT2D eigenvalue weighted by molar-refractivity contribution is 6.19. The largest absolute Gasteiger partial charge is 0.309 e. The second-order valence-electron chi connectivity index (χ2n) is 21.2. The summed E-state index contributed by atoms with van der Waals surface area (Å²) in [7, 11) is 0. The number of nitrogens with zero attached hydrogens (tertiary/aromatic N) is 4. The molecule has 0 saturated carbocycles. The van der Waals surface area contributed by atoms with Crippen molar-refractivity contribution in [3.63, 3.8) is 0 Å². The highest BCUT2D eigenvalue weighted by atomic mass is 15.0. The van der Waals surface area contributed by atoms with Crippen molar-refractivity contribution >= 4 is 43.6 Å². The van der Waals surface area contributed by atoms with Crippen molar-refractivity contribution < 1.29 is 0 Å². The molecular formula is C69H44N4. The highest BCUT2D eigenvalue weighted by Crippen LogP contribution is 2.67. The van der Waals surface area contributed by atoms with Crippen LogP contribution in [0.15, 0.2) is 231 Å². The van der Waals surface area contributed by atoms with E-state index in [1.165, 1.54) is 105 Å². The van der Waals surface area contributed by atoms with Gasteiger partial charge in [-0.25, -0.2) is 0 Å². The first kappa shape index (κ1) is 39.6.